The SMILES string of the molecule is CNC(=O)c1ccc(N)c(-n2cnc(C(=O)OC)n2)c1. The quantitative estimate of drug-likeness (QED) is 0.602. The fourth-order valence-corrected chi connectivity index (χ4v) is 1.59. The number of carbonyl (C=O) groups is 2. The summed E-state index contributed by atoms with van der Waals surface area (Å²) in [5, 5.41) is 6.47. The molecule has 1 aromatic heterocycles. The summed E-state index contributed by atoms with van der Waals surface area (Å²) in [7, 11) is 2.77. The highest BCUT2D eigenvalue weighted by atomic mass is 16.5. The number of nitrogen functional groups attached to an aromatic ring is 1. The monoisotopic (exact) mass is 275 g/mol. The molecule has 0 saturated heterocycles. The summed E-state index contributed by atoms with van der Waals surface area (Å²) in [6.45, 7) is 0. The number of amides is 1. The van der Waals surface area contributed by atoms with Crippen LogP contribution in [0.5, 0.6) is 0 Å². The van der Waals surface area contributed by atoms with Crippen molar-refractivity contribution in [3.8, 4) is 5.69 Å². The van der Waals surface area contributed by atoms with Gasteiger partial charge in [0.25, 0.3) is 11.7 Å². The standard InChI is InChI=1S/C12H13N5O3/c1-14-11(18)7-3-4-8(13)9(5-7)17-6-15-10(16-17)12(19)20-2/h3-6H,13H2,1-2H3,(H,14,18). The summed E-state index contributed by atoms with van der Waals surface area (Å²) in [5.74, 6) is -0.985. The Labute approximate surface area is 114 Å². The number of nitrogens with zero attached hydrogens (tertiary/aromatic N) is 3. The lowest BCUT2D eigenvalue weighted by Crippen LogP contribution is -2.18. The highest BCUT2D eigenvalue weighted by Crippen LogP contribution is 2.18. The Morgan fingerprint density at radius 1 is 1.40 bits per heavy atom. The second kappa shape index (κ2) is 5.39. The molecule has 2 rings (SSSR count). The lowest BCUT2D eigenvalue weighted by atomic mass is 10.1. The van der Waals surface area contributed by atoms with Crippen molar-refractivity contribution in [3.05, 3.63) is 35.9 Å². The summed E-state index contributed by atoms with van der Waals surface area (Å²) in [6.07, 6.45) is 1.32. The van der Waals surface area contributed by atoms with E-state index >= 15 is 0 Å². The maximum atomic E-state index is 11.6. The van der Waals surface area contributed by atoms with E-state index in [-0.39, 0.29) is 11.7 Å². The largest absolute Gasteiger partial charge is 0.463 e. The van der Waals surface area contributed by atoms with E-state index in [0.29, 0.717) is 16.9 Å². The molecule has 0 aliphatic rings. The minimum Gasteiger partial charge on any atom is -0.463 e. The first-order valence-corrected chi connectivity index (χ1v) is 5.68. The molecule has 0 spiro atoms. The van der Waals surface area contributed by atoms with Crippen molar-refractivity contribution in [1.82, 2.24) is 20.1 Å². The van der Waals surface area contributed by atoms with Crippen LogP contribution in [0.15, 0.2) is 24.5 Å². The van der Waals surface area contributed by atoms with Crippen molar-refractivity contribution in [2.24, 2.45) is 0 Å². The number of methoxy groups -OCH3 is 1. The van der Waals surface area contributed by atoms with Gasteiger partial charge in [-0.2, -0.15) is 0 Å². The summed E-state index contributed by atoms with van der Waals surface area (Å²) in [6, 6.07) is 4.74. The number of hydrogen-bond acceptors (Lipinski definition) is 6. The fourth-order valence-electron chi connectivity index (χ4n) is 1.59. The summed E-state index contributed by atoms with van der Waals surface area (Å²) >= 11 is 0. The zero-order valence-electron chi connectivity index (χ0n) is 11.0. The maximum absolute atomic E-state index is 11.6. The van der Waals surface area contributed by atoms with Crippen molar-refractivity contribution in [1.29, 1.82) is 0 Å². The highest BCUT2D eigenvalue weighted by Gasteiger charge is 2.14. The Morgan fingerprint density at radius 3 is 2.80 bits per heavy atom. The lowest BCUT2D eigenvalue weighted by molar-refractivity contribution is 0.0586. The van der Waals surface area contributed by atoms with Gasteiger partial charge in [-0.15, -0.1) is 5.10 Å². The Bertz CT molecular complexity index is 665. The number of nitrogens with one attached hydrogen (secondary N) is 1. The molecule has 0 aliphatic heterocycles. The van der Waals surface area contributed by atoms with Gasteiger partial charge in [0.05, 0.1) is 18.5 Å². The second-order valence-corrected chi connectivity index (χ2v) is 3.86. The second-order valence-electron chi connectivity index (χ2n) is 3.86. The third kappa shape index (κ3) is 2.44. The minimum absolute atomic E-state index is 0.0859. The molecule has 1 heterocycles. The molecule has 0 fully saturated rings. The summed E-state index contributed by atoms with van der Waals surface area (Å²) < 4.78 is 5.84. The van der Waals surface area contributed by atoms with Crippen molar-refractivity contribution in [2.75, 3.05) is 19.9 Å². The van der Waals surface area contributed by atoms with Gasteiger partial charge in [0.2, 0.25) is 0 Å². The zero-order valence-corrected chi connectivity index (χ0v) is 11.0. The molecule has 0 atom stereocenters. The number of hydrogen-bond donors (Lipinski definition) is 2. The van der Waals surface area contributed by atoms with E-state index in [9.17, 15) is 9.59 Å². The average Bonchev–Trinajstić information content (AvgIpc) is 2.95. The van der Waals surface area contributed by atoms with Crippen LogP contribution in [0.1, 0.15) is 21.0 Å². The molecule has 0 radical (unpaired) electrons. The number of anilines is 1. The van der Waals surface area contributed by atoms with Crippen LogP contribution in [0.4, 0.5) is 5.69 Å². The highest BCUT2D eigenvalue weighted by molar-refractivity contribution is 5.95. The van der Waals surface area contributed by atoms with Crippen LogP contribution in [0.3, 0.4) is 0 Å². The number of esters is 1. The first-order valence-electron chi connectivity index (χ1n) is 5.68. The number of benzene rings is 1. The van der Waals surface area contributed by atoms with Gasteiger partial charge < -0.3 is 15.8 Å². The molecule has 0 bridgehead atoms. The molecule has 0 saturated carbocycles. The minimum atomic E-state index is -0.648. The average molecular weight is 275 g/mol. The maximum Gasteiger partial charge on any atom is 0.377 e. The number of rotatable bonds is 3. The van der Waals surface area contributed by atoms with Gasteiger partial charge in [-0.25, -0.2) is 14.5 Å². The van der Waals surface area contributed by atoms with Crippen LogP contribution < -0.4 is 11.1 Å². The van der Waals surface area contributed by atoms with Gasteiger partial charge in [0, 0.05) is 12.6 Å². The van der Waals surface area contributed by atoms with Gasteiger partial charge in [-0.05, 0) is 18.2 Å². The topological polar surface area (TPSA) is 112 Å². The van der Waals surface area contributed by atoms with Crippen LogP contribution in [0.25, 0.3) is 5.69 Å². The molecule has 3 N–H and O–H groups in total. The van der Waals surface area contributed by atoms with Crippen LogP contribution >= 0.6 is 0 Å². The lowest BCUT2D eigenvalue weighted by Gasteiger charge is -2.07. The smallest absolute Gasteiger partial charge is 0.377 e. The normalized spacial score (nSPS) is 10.1. The van der Waals surface area contributed by atoms with Crippen LogP contribution in [0.2, 0.25) is 0 Å². The molecular weight excluding hydrogens is 262 g/mol. The van der Waals surface area contributed by atoms with E-state index in [0.717, 1.165) is 0 Å². The predicted octanol–water partition coefficient (Wildman–Crippen LogP) is -0.00430. The Morgan fingerprint density at radius 2 is 2.15 bits per heavy atom. The van der Waals surface area contributed by atoms with Crippen LogP contribution in [-0.2, 0) is 4.74 Å². The van der Waals surface area contributed by atoms with Crippen molar-refractivity contribution in [3.63, 3.8) is 0 Å². The van der Waals surface area contributed by atoms with Gasteiger partial charge in [0.1, 0.15) is 6.33 Å². The Kier molecular flexibility index (Phi) is 3.65. The first kappa shape index (κ1) is 13.5. The molecule has 0 aliphatic carbocycles. The third-order valence-electron chi connectivity index (χ3n) is 2.63. The van der Waals surface area contributed by atoms with Gasteiger partial charge >= 0.3 is 5.97 Å². The van der Waals surface area contributed by atoms with Crippen molar-refractivity contribution >= 4 is 17.6 Å². The Hall–Kier alpha value is -2.90. The molecule has 1 amide bonds. The van der Waals surface area contributed by atoms with Gasteiger partial charge in [0.15, 0.2) is 0 Å². The van der Waals surface area contributed by atoms with E-state index in [1.165, 1.54) is 25.2 Å². The molecule has 2 aromatic rings. The van der Waals surface area contributed by atoms with E-state index in [1.807, 2.05) is 0 Å². The summed E-state index contributed by atoms with van der Waals surface area (Å²) in [5.41, 5.74) is 7.12. The molecule has 0 unspecified atom stereocenters. The summed E-state index contributed by atoms with van der Waals surface area (Å²) in [4.78, 5) is 26.7. The Balaban J connectivity index is 2.44. The number of carbonyl (C=O) groups excluding carboxylic acids is 2. The van der Waals surface area contributed by atoms with Crippen molar-refractivity contribution < 1.29 is 14.3 Å². The fraction of sp³-hybridized carbons (Fsp3) is 0.167. The van der Waals surface area contributed by atoms with Crippen LogP contribution in [0, 0.1) is 0 Å². The molecule has 8 nitrogen and oxygen atoms in total. The molecule has 104 valence electrons. The first-order chi connectivity index (χ1) is 9.56. The van der Waals surface area contributed by atoms with E-state index in [4.69, 9.17) is 5.73 Å². The molecule has 20 heavy (non-hydrogen) atoms. The van der Waals surface area contributed by atoms with E-state index in [2.05, 4.69) is 20.1 Å². The van der Waals surface area contributed by atoms with Gasteiger partial charge in [-0.3, -0.25) is 4.79 Å². The van der Waals surface area contributed by atoms with E-state index in [1.54, 1.807) is 18.2 Å². The third-order valence-corrected chi connectivity index (χ3v) is 2.63. The molecule has 1 aromatic carbocycles. The van der Waals surface area contributed by atoms with Gasteiger partial charge in [-0.1, -0.05) is 0 Å². The molecular formula is C12H13N5O3. The molecule has 8 heteroatoms. The predicted molar refractivity (Wildman–Crippen MR) is 70.5 cm³/mol. The van der Waals surface area contributed by atoms with Crippen molar-refractivity contribution in [2.45, 2.75) is 0 Å². The number of ether oxygens (including phenoxy) is 1. The number of nitrogens with two attached hydrogens (primary N) is 1. The van der Waals surface area contributed by atoms with E-state index < -0.39 is 5.97 Å². The zero-order chi connectivity index (χ0) is 14.7. The number of aromatic nitrogens is 3. The van der Waals surface area contributed by atoms with Crippen LogP contribution in [-0.4, -0.2) is 40.8 Å².